The largest absolute Gasteiger partial charge is 0.379 e. The van der Waals surface area contributed by atoms with Gasteiger partial charge in [-0.3, -0.25) is 10.1 Å². The van der Waals surface area contributed by atoms with Gasteiger partial charge >= 0.3 is 0 Å². The zero-order valence-electron chi connectivity index (χ0n) is 14.5. The van der Waals surface area contributed by atoms with Crippen LogP contribution in [0.1, 0.15) is 13.3 Å². The second-order valence-corrected chi connectivity index (χ2v) is 7.24. The number of nitrogens with one attached hydrogen (secondary N) is 1. The molecule has 8 nitrogen and oxygen atoms in total. The van der Waals surface area contributed by atoms with Gasteiger partial charge in [0, 0.05) is 31.4 Å². The molecule has 0 aliphatic rings. The normalized spacial score (nSPS) is 11.2. The Morgan fingerprint density at radius 2 is 1.88 bits per heavy atom. The Balaban J connectivity index is 2.00. The second-order valence-electron chi connectivity index (χ2n) is 5.68. The average Bonchev–Trinajstić information content (AvgIpc) is 2.61. The van der Waals surface area contributed by atoms with E-state index >= 15 is 0 Å². The van der Waals surface area contributed by atoms with E-state index in [1.165, 1.54) is 12.1 Å². The summed E-state index contributed by atoms with van der Waals surface area (Å²) in [5.41, 5.74) is 1.08. The van der Waals surface area contributed by atoms with Gasteiger partial charge < -0.3 is 10.2 Å². The summed E-state index contributed by atoms with van der Waals surface area (Å²) in [6, 6.07) is 13.6. The lowest BCUT2D eigenvalue weighted by atomic mass is 10.2. The average molecular weight is 378 g/mol. The van der Waals surface area contributed by atoms with Crippen molar-refractivity contribution in [3.8, 4) is 0 Å². The quantitative estimate of drug-likeness (QED) is 0.393. The topological polar surface area (TPSA) is 119 Å². The molecule has 2 aromatic carbocycles. The van der Waals surface area contributed by atoms with Crippen LogP contribution in [0.15, 0.2) is 53.4 Å². The Hall–Kier alpha value is -2.65. The van der Waals surface area contributed by atoms with Crippen LogP contribution < -0.4 is 15.4 Å². The van der Waals surface area contributed by atoms with E-state index in [1.54, 1.807) is 0 Å². The lowest BCUT2D eigenvalue weighted by molar-refractivity contribution is -0.384. The van der Waals surface area contributed by atoms with E-state index < -0.39 is 14.9 Å². The van der Waals surface area contributed by atoms with Crippen molar-refractivity contribution in [2.75, 3.05) is 29.9 Å². The van der Waals surface area contributed by atoms with Gasteiger partial charge in [-0.15, -0.1) is 0 Å². The Morgan fingerprint density at radius 3 is 2.46 bits per heavy atom. The summed E-state index contributed by atoms with van der Waals surface area (Å²) >= 11 is 0. The number of rotatable bonds is 9. The number of nitro groups is 1. The van der Waals surface area contributed by atoms with Gasteiger partial charge in [-0.25, -0.2) is 13.6 Å². The third-order valence-corrected chi connectivity index (χ3v) is 4.83. The van der Waals surface area contributed by atoms with Gasteiger partial charge in [0.25, 0.3) is 5.69 Å². The number of hydrogen-bond donors (Lipinski definition) is 2. The molecule has 0 aromatic heterocycles. The molecule has 0 unspecified atom stereocenters. The highest BCUT2D eigenvalue weighted by atomic mass is 32.2. The van der Waals surface area contributed by atoms with Crippen molar-refractivity contribution >= 4 is 27.1 Å². The molecule has 3 N–H and O–H groups in total. The van der Waals surface area contributed by atoms with Crippen molar-refractivity contribution in [1.29, 1.82) is 0 Å². The van der Waals surface area contributed by atoms with Crippen LogP contribution >= 0.6 is 0 Å². The summed E-state index contributed by atoms with van der Waals surface area (Å²) in [5, 5.41) is 19.2. The number of para-hydroxylation sites is 1. The number of nitrogens with zero attached hydrogens (tertiary/aromatic N) is 2. The first kappa shape index (κ1) is 19.7. The standard InChI is InChI=1S/C17H22N4O4S/c1-2-20(14-7-4-3-5-8-14)12-6-11-19-16-10-9-15(26(18,24)25)13-17(16)21(22)23/h3-5,7-10,13,19H,2,6,11-12H2,1H3,(H2,18,24,25). The molecule has 0 radical (unpaired) electrons. The molecule has 0 spiro atoms. The minimum atomic E-state index is -3.98. The van der Waals surface area contributed by atoms with Crippen LogP contribution in [0, 0.1) is 10.1 Å². The molecule has 0 saturated heterocycles. The minimum absolute atomic E-state index is 0.269. The molecular formula is C17H22N4O4S. The molecule has 26 heavy (non-hydrogen) atoms. The molecule has 140 valence electrons. The third kappa shape index (κ3) is 5.17. The van der Waals surface area contributed by atoms with E-state index in [-0.39, 0.29) is 16.3 Å². The van der Waals surface area contributed by atoms with Gasteiger partial charge in [-0.2, -0.15) is 0 Å². The fourth-order valence-electron chi connectivity index (χ4n) is 2.59. The molecule has 0 amide bonds. The first-order chi connectivity index (χ1) is 12.3. The highest BCUT2D eigenvalue weighted by Gasteiger charge is 2.18. The zero-order chi connectivity index (χ0) is 19.2. The predicted octanol–water partition coefficient (Wildman–Crippen LogP) is 2.57. The number of sulfonamides is 1. The van der Waals surface area contributed by atoms with Crippen molar-refractivity contribution in [1.82, 2.24) is 0 Å². The fraction of sp³-hybridized carbons (Fsp3) is 0.294. The second kappa shape index (κ2) is 8.63. The molecule has 9 heteroatoms. The number of primary sulfonamides is 1. The van der Waals surface area contributed by atoms with Gasteiger partial charge in [0.05, 0.1) is 9.82 Å². The maximum atomic E-state index is 11.4. The summed E-state index contributed by atoms with van der Waals surface area (Å²) in [6.45, 7) is 4.22. The number of anilines is 2. The Kier molecular flexibility index (Phi) is 6.53. The molecule has 0 aliphatic carbocycles. The van der Waals surface area contributed by atoms with Crippen molar-refractivity contribution < 1.29 is 13.3 Å². The number of nitrogens with two attached hydrogens (primary N) is 1. The predicted molar refractivity (Wildman–Crippen MR) is 102 cm³/mol. The van der Waals surface area contributed by atoms with Crippen molar-refractivity contribution in [3.05, 3.63) is 58.6 Å². The van der Waals surface area contributed by atoms with E-state index in [2.05, 4.69) is 17.1 Å². The van der Waals surface area contributed by atoms with Crippen LogP contribution in [0.3, 0.4) is 0 Å². The third-order valence-electron chi connectivity index (χ3n) is 3.92. The van der Waals surface area contributed by atoms with Crippen molar-refractivity contribution in [3.63, 3.8) is 0 Å². The first-order valence-electron chi connectivity index (χ1n) is 8.18. The lowest BCUT2D eigenvalue weighted by Crippen LogP contribution is -2.25. The van der Waals surface area contributed by atoms with Gasteiger partial charge in [-0.1, -0.05) is 18.2 Å². The van der Waals surface area contributed by atoms with Crippen molar-refractivity contribution in [2.45, 2.75) is 18.2 Å². The van der Waals surface area contributed by atoms with Crippen LogP contribution in [0.4, 0.5) is 17.1 Å². The Labute approximate surface area is 152 Å². The van der Waals surface area contributed by atoms with Crippen LogP contribution in [-0.4, -0.2) is 33.0 Å². The number of benzene rings is 2. The van der Waals surface area contributed by atoms with Gasteiger partial charge in [0.2, 0.25) is 10.0 Å². The summed E-state index contributed by atoms with van der Waals surface area (Å²) in [5.74, 6) is 0. The van der Waals surface area contributed by atoms with E-state index in [4.69, 9.17) is 5.14 Å². The smallest absolute Gasteiger partial charge is 0.293 e. The van der Waals surface area contributed by atoms with Gasteiger partial charge in [0.15, 0.2) is 0 Å². The minimum Gasteiger partial charge on any atom is -0.379 e. The van der Waals surface area contributed by atoms with E-state index in [9.17, 15) is 18.5 Å². The van der Waals surface area contributed by atoms with Crippen LogP contribution in [0.2, 0.25) is 0 Å². The van der Waals surface area contributed by atoms with Crippen LogP contribution in [0.25, 0.3) is 0 Å². The van der Waals surface area contributed by atoms with E-state index in [0.29, 0.717) is 6.54 Å². The molecule has 0 bridgehead atoms. The van der Waals surface area contributed by atoms with Gasteiger partial charge in [0.1, 0.15) is 5.69 Å². The van der Waals surface area contributed by atoms with Crippen molar-refractivity contribution in [2.24, 2.45) is 5.14 Å². The molecular weight excluding hydrogens is 356 g/mol. The van der Waals surface area contributed by atoms with E-state index in [1.807, 2.05) is 30.3 Å². The first-order valence-corrected chi connectivity index (χ1v) is 9.72. The lowest BCUT2D eigenvalue weighted by Gasteiger charge is -2.23. The molecule has 2 aromatic rings. The summed E-state index contributed by atoms with van der Waals surface area (Å²) in [6.07, 6.45) is 0.761. The highest BCUT2D eigenvalue weighted by molar-refractivity contribution is 7.89. The van der Waals surface area contributed by atoms with Gasteiger partial charge in [-0.05, 0) is 37.6 Å². The summed E-state index contributed by atoms with van der Waals surface area (Å²) in [7, 11) is -3.98. The van der Waals surface area contributed by atoms with Crippen LogP contribution in [0.5, 0.6) is 0 Å². The summed E-state index contributed by atoms with van der Waals surface area (Å²) in [4.78, 5) is 12.5. The highest BCUT2D eigenvalue weighted by Crippen LogP contribution is 2.27. The maximum Gasteiger partial charge on any atom is 0.293 e. The molecule has 0 aliphatic heterocycles. The van der Waals surface area contributed by atoms with Crippen LogP contribution in [-0.2, 0) is 10.0 Å². The maximum absolute atomic E-state index is 11.4. The number of nitro benzene ring substituents is 1. The Bertz CT molecular complexity index is 856. The Morgan fingerprint density at radius 1 is 1.19 bits per heavy atom. The zero-order valence-corrected chi connectivity index (χ0v) is 15.3. The SMILES string of the molecule is CCN(CCCNc1ccc(S(N)(=O)=O)cc1[N+](=O)[O-])c1ccccc1. The summed E-state index contributed by atoms with van der Waals surface area (Å²) < 4.78 is 22.7. The molecule has 0 fully saturated rings. The molecule has 0 saturated carbocycles. The molecule has 0 heterocycles. The monoisotopic (exact) mass is 378 g/mol. The van der Waals surface area contributed by atoms with E-state index in [0.717, 1.165) is 31.3 Å². The molecule has 0 atom stereocenters. The number of hydrogen-bond acceptors (Lipinski definition) is 6. The molecule has 2 rings (SSSR count). The fourth-order valence-corrected chi connectivity index (χ4v) is 3.12.